The first-order valence-corrected chi connectivity index (χ1v) is 13.1. The average molecular weight is 593 g/mol. The number of esters is 1. The highest BCUT2D eigenvalue weighted by Crippen LogP contribution is 2.26. The van der Waals surface area contributed by atoms with Gasteiger partial charge in [-0.2, -0.15) is 0 Å². The lowest BCUT2D eigenvalue weighted by atomic mass is 9.99. The third-order valence-corrected chi connectivity index (χ3v) is 6.18. The van der Waals surface area contributed by atoms with Crippen LogP contribution in [0.4, 0.5) is 0 Å². The summed E-state index contributed by atoms with van der Waals surface area (Å²) in [5.41, 5.74) is 1.47. The molecule has 0 aliphatic carbocycles. The quantitative estimate of drug-likeness (QED) is 0.0830. The molecule has 1 heterocycles. The van der Waals surface area contributed by atoms with Crippen LogP contribution < -0.4 is 0 Å². The highest BCUT2D eigenvalue weighted by molar-refractivity contribution is 5.66. The zero-order valence-corrected chi connectivity index (χ0v) is 22.8. The number of hydrogen-bond donors (Lipinski definition) is 7. The minimum atomic E-state index is -1.71. The maximum Gasteiger partial charge on any atom is 0.303 e. The summed E-state index contributed by atoms with van der Waals surface area (Å²) < 4.78 is 21.9. The van der Waals surface area contributed by atoms with E-state index < -0.39 is 68.4 Å². The normalized spacial score (nSPS) is 25.0. The second-order valence-electron chi connectivity index (χ2n) is 9.44. The number of aromatic hydroxyl groups is 2. The summed E-state index contributed by atoms with van der Waals surface area (Å²) in [7, 11) is 0. The van der Waals surface area contributed by atoms with E-state index >= 15 is 0 Å². The molecule has 0 bridgehead atoms. The standard InChI is InChI=1S/C28H36N2O12/c1-16(33)39-27-25(37)23(15-32)42-28(26(27)38)41-21(12-29-10-17-2-6-19(34)7-3-17)22(14-31)40-24(36)13-30-11-18-4-8-20(35)9-5-18/h2-9,12-13,21-28,31-32,34-38H,10-11,14-15H2,1H3/t21-,22+,23-,24-,25-,26+,27+,28-/m0/s1. The molecule has 1 aliphatic heterocycles. The summed E-state index contributed by atoms with van der Waals surface area (Å²) in [4.78, 5) is 19.9. The van der Waals surface area contributed by atoms with Gasteiger partial charge in [0.1, 0.15) is 42.0 Å². The summed E-state index contributed by atoms with van der Waals surface area (Å²) >= 11 is 0. The summed E-state index contributed by atoms with van der Waals surface area (Å²) in [6, 6.07) is 12.5. The zero-order valence-electron chi connectivity index (χ0n) is 22.8. The maximum absolute atomic E-state index is 11.6. The molecule has 230 valence electrons. The Bertz CT molecular complexity index is 1160. The van der Waals surface area contributed by atoms with Gasteiger partial charge in [0.25, 0.3) is 0 Å². The Labute approximate surface area is 241 Å². The smallest absolute Gasteiger partial charge is 0.303 e. The lowest BCUT2D eigenvalue weighted by Gasteiger charge is -2.42. The van der Waals surface area contributed by atoms with E-state index in [-0.39, 0.29) is 24.6 Å². The van der Waals surface area contributed by atoms with Crippen molar-refractivity contribution in [2.45, 2.75) is 69.2 Å². The van der Waals surface area contributed by atoms with E-state index in [1.807, 2.05) is 0 Å². The second-order valence-corrected chi connectivity index (χ2v) is 9.44. The van der Waals surface area contributed by atoms with Crippen LogP contribution in [0.5, 0.6) is 11.5 Å². The molecule has 0 aromatic heterocycles. The molecule has 7 N–H and O–H groups in total. The molecule has 0 radical (unpaired) electrons. The van der Waals surface area contributed by atoms with Crippen molar-refractivity contribution in [3.05, 3.63) is 59.7 Å². The van der Waals surface area contributed by atoms with Gasteiger partial charge in [0.05, 0.1) is 32.5 Å². The monoisotopic (exact) mass is 592 g/mol. The Balaban J connectivity index is 1.77. The van der Waals surface area contributed by atoms with Gasteiger partial charge in [-0.05, 0) is 35.4 Å². The number of rotatable bonds is 14. The van der Waals surface area contributed by atoms with Gasteiger partial charge in [-0.1, -0.05) is 24.3 Å². The molecule has 0 amide bonds. The van der Waals surface area contributed by atoms with Crippen LogP contribution in [0, 0.1) is 0 Å². The van der Waals surface area contributed by atoms with E-state index in [1.165, 1.54) is 30.5 Å². The highest BCUT2D eigenvalue weighted by Gasteiger charge is 2.48. The third-order valence-electron chi connectivity index (χ3n) is 6.18. The predicted molar refractivity (Wildman–Crippen MR) is 147 cm³/mol. The van der Waals surface area contributed by atoms with Crippen LogP contribution >= 0.6 is 0 Å². The lowest BCUT2D eigenvalue weighted by molar-refractivity contribution is -0.315. The molecular weight excluding hydrogens is 556 g/mol. The molecule has 0 saturated carbocycles. The number of phenols is 2. The fourth-order valence-corrected chi connectivity index (χ4v) is 4.02. The summed E-state index contributed by atoms with van der Waals surface area (Å²) in [5, 5.41) is 70.2. The number of aliphatic imine (C=N–C) groups is 2. The number of carbonyl (C=O) groups is 1. The summed E-state index contributed by atoms with van der Waals surface area (Å²) in [6.45, 7) is -0.0138. The van der Waals surface area contributed by atoms with Crippen molar-refractivity contribution in [2.24, 2.45) is 9.98 Å². The Hall–Kier alpha value is -3.47. The van der Waals surface area contributed by atoms with Crippen LogP contribution in [0.1, 0.15) is 18.1 Å². The second kappa shape index (κ2) is 16.2. The molecule has 3 rings (SSSR count). The molecule has 0 spiro atoms. The van der Waals surface area contributed by atoms with Crippen molar-refractivity contribution < 1.29 is 59.5 Å². The highest BCUT2D eigenvalue weighted by atomic mass is 16.7. The summed E-state index contributed by atoms with van der Waals surface area (Å²) in [5.74, 6) is -0.625. The first-order valence-electron chi connectivity index (χ1n) is 13.1. The number of aliphatic hydroxyl groups is 5. The lowest BCUT2D eigenvalue weighted by Crippen LogP contribution is -2.61. The van der Waals surface area contributed by atoms with Gasteiger partial charge in [-0.3, -0.25) is 14.8 Å². The fraction of sp³-hybridized carbons (Fsp3) is 0.464. The van der Waals surface area contributed by atoms with Crippen LogP contribution in [0.3, 0.4) is 0 Å². The van der Waals surface area contributed by atoms with Gasteiger partial charge in [0.2, 0.25) is 0 Å². The Morgan fingerprint density at radius 1 is 0.929 bits per heavy atom. The molecular formula is C28H36N2O12. The number of nitrogens with zero attached hydrogens (tertiary/aromatic N) is 2. The zero-order chi connectivity index (χ0) is 30.6. The van der Waals surface area contributed by atoms with E-state index in [2.05, 4.69) is 9.98 Å². The first kappa shape index (κ1) is 33.0. The summed E-state index contributed by atoms with van der Waals surface area (Å²) in [6.07, 6.45) is -9.46. The Kier molecular flexibility index (Phi) is 12.8. The van der Waals surface area contributed by atoms with Crippen molar-refractivity contribution in [3.8, 4) is 11.5 Å². The van der Waals surface area contributed by atoms with E-state index in [1.54, 1.807) is 24.3 Å². The SMILES string of the molecule is CC(=O)O[C@@H]1[C@@H](O)[C@H](CO)O[C@H](O[C@@H](C=NCc2ccc(O)cc2)[C@@H](CO)O[C@H](O)C=NCc2ccc(O)cc2)[C@@H]1O. The van der Waals surface area contributed by atoms with Crippen molar-refractivity contribution in [1.82, 2.24) is 0 Å². The van der Waals surface area contributed by atoms with Crippen LogP contribution in [0.2, 0.25) is 0 Å². The number of carbonyl (C=O) groups excluding carboxylic acids is 1. The molecule has 1 saturated heterocycles. The maximum atomic E-state index is 11.6. The number of ether oxygens (including phenoxy) is 4. The average Bonchev–Trinajstić information content (AvgIpc) is 2.96. The largest absolute Gasteiger partial charge is 0.508 e. The van der Waals surface area contributed by atoms with Gasteiger partial charge in [-0.25, -0.2) is 0 Å². The van der Waals surface area contributed by atoms with E-state index in [4.69, 9.17) is 18.9 Å². The predicted octanol–water partition coefficient (Wildman–Crippen LogP) is -0.609. The number of phenolic OH excluding ortho intramolecular Hbond substituents is 2. The topological polar surface area (TPSA) is 220 Å². The van der Waals surface area contributed by atoms with E-state index in [0.29, 0.717) is 0 Å². The van der Waals surface area contributed by atoms with Crippen LogP contribution in [-0.2, 0) is 36.8 Å². The number of hydrogen-bond acceptors (Lipinski definition) is 14. The minimum Gasteiger partial charge on any atom is -0.508 e. The molecule has 42 heavy (non-hydrogen) atoms. The molecule has 2 aromatic carbocycles. The first-order chi connectivity index (χ1) is 20.1. The van der Waals surface area contributed by atoms with Gasteiger partial charge in [0.15, 0.2) is 18.7 Å². The molecule has 1 fully saturated rings. The van der Waals surface area contributed by atoms with Gasteiger partial charge in [0, 0.05) is 13.1 Å². The molecule has 14 nitrogen and oxygen atoms in total. The number of benzene rings is 2. The molecule has 2 aromatic rings. The van der Waals surface area contributed by atoms with Crippen molar-refractivity contribution in [1.29, 1.82) is 0 Å². The van der Waals surface area contributed by atoms with Crippen molar-refractivity contribution >= 4 is 18.4 Å². The van der Waals surface area contributed by atoms with E-state index in [0.717, 1.165) is 24.3 Å². The molecule has 14 heteroatoms. The van der Waals surface area contributed by atoms with Crippen molar-refractivity contribution in [2.75, 3.05) is 13.2 Å². The molecule has 0 unspecified atom stereocenters. The number of aliphatic hydroxyl groups excluding tert-OH is 5. The van der Waals surface area contributed by atoms with Crippen LogP contribution in [0.25, 0.3) is 0 Å². The minimum absolute atomic E-state index is 0.0742. The van der Waals surface area contributed by atoms with Crippen LogP contribution in [0.15, 0.2) is 58.5 Å². The van der Waals surface area contributed by atoms with Gasteiger partial charge >= 0.3 is 5.97 Å². The molecule has 8 atom stereocenters. The van der Waals surface area contributed by atoms with Crippen LogP contribution in [-0.4, -0.2) is 117 Å². The third kappa shape index (κ3) is 9.82. The van der Waals surface area contributed by atoms with Gasteiger partial charge in [-0.15, -0.1) is 0 Å². The Morgan fingerprint density at radius 2 is 1.48 bits per heavy atom. The van der Waals surface area contributed by atoms with E-state index in [9.17, 15) is 40.5 Å². The molecule has 1 aliphatic rings. The Morgan fingerprint density at radius 3 is 1.98 bits per heavy atom. The fourth-order valence-electron chi connectivity index (χ4n) is 4.02. The van der Waals surface area contributed by atoms with Gasteiger partial charge < -0.3 is 54.7 Å². The van der Waals surface area contributed by atoms with Crippen molar-refractivity contribution in [3.63, 3.8) is 0 Å².